The Bertz CT molecular complexity index is 1250. The van der Waals surface area contributed by atoms with Crippen molar-refractivity contribution in [1.29, 1.82) is 0 Å². The summed E-state index contributed by atoms with van der Waals surface area (Å²) >= 11 is 0. The van der Waals surface area contributed by atoms with Crippen molar-refractivity contribution < 1.29 is 18.8 Å². The molecule has 9 heteroatoms. The Balaban J connectivity index is 1.16. The molecule has 5 rings (SSSR count). The van der Waals surface area contributed by atoms with E-state index in [1.165, 1.54) is 0 Å². The molecule has 1 N–H and O–H groups in total. The Hall–Kier alpha value is -3.43. The molecule has 0 radical (unpaired) electrons. The third kappa shape index (κ3) is 5.52. The second kappa shape index (κ2) is 10.7. The first-order chi connectivity index (χ1) is 17.5. The zero-order valence-electron chi connectivity index (χ0n) is 20.7. The first-order valence-electron chi connectivity index (χ1n) is 12.5. The van der Waals surface area contributed by atoms with Crippen LogP contribution < -0.4 is 15.6 Å². The summed E-state index contributed by atoms with van der Waals surface area (Å²) in [5, 5.41) is 7.34. The zero-order valence-corrected chi connectivity index (χ0v) is 20.7. The van der Waals surface area contributed by atoms with Crippen molar-refractivity contribution in [3.63, 3.8) is 0 Å². The van der Waals surface area contributed by atoms with Gasteiger partial charge in [0.15, 0.2) is 6.61 Å². The van der Waals surface area contributed by atoms with Crippen molar-refractivity contribution in [1.82, 2.24) is 19.9 Å². The minimum atomic E-state index is -0.106. The van der Waals surface area contributed by atoms with Crippen LogP contribution in [0.5, 0.6) is 5.75 Å². The second-order valence-corrected chi connectivity index (χ2v) is 9.53. The quantitative estimate of drug-likeness (QED) is 0.516. The van der Waals surface area contributed by atoms with E-state index in [0.29, 0.717) is 37.2 Å². The van der Waals surface area contributed by atoms with E-state index in [1.807, 2.05) is 44.3 Å². The summed E-state index contributed by atoms with van der Waals surface area (Å²) in [6.45, 7) is 7.32. The van der Waals surface area contributed by atoms with Crippen molar-refractivity contribution in [2.24, 2.45) is 0 Å². The molecule has 2 aromatic heterocycles. The predicted octanol–water partition coefficient (Wildman–Crippen LogP) is 2.53. The average molecular weight is 493 g/mol. The van der Waals surface area contributed by atoms with Gasteiger partial charge in [-0.25, -0.2) is 0 Å². The molecule has 2 aliphatic rings. The van der Waals surface area contributed by atoms with Crippen LogP contribution >= 0.6 is 0 Å². The van der Waals surface area contributed by atoms with Gasteiger partial charge >= 0.3 is 0 Å². The summed E-state index contributed by atoms with van der Waals surface area (Å²) in [5.41, 5.74) is 3.35. The van der Waals surface area contributed by atoms with Gasteiger partial charge in [-0.1, -0.05) is 17.3 Å². The Kier molecular flexibility index (Phi) is 7.20. The Labute approximate surface area is 210 Å². The minimum absolute atomic E-state index is 0.0228. The fraction of sp³-hybridized carbons (Fsp3) is 0.444. The molecule has 2 saturated heterocycles. The maximum absolute atomic E-state index is 12.5. The molecule has 0 aliphatic carbocycles. The van der Waals surface area contributed by atoms with Gasteiger partial charge in [0.2, 0.25) is 0 Å². The maximum atomic E-state index is 12.5. The summed E-state index contributed by atoms with van der Waals surface area (Å²) in [6, 6.07) is 10.8. The number of benzene rings is 1. The van der Waals surface area contributed by atoms with Gasteiger partial charge in [-0.05, 0) is 63.5 Å². The van der Waals surface area contributed by atoms with Crippen molar-refractivity contribution in [2.45, 2.75) is 45.4 Å². The Morgan fingerprint density at radius 3 is 2.69 bits per heavy atom. The normalized spacial score (nSPS) is 16.7. The molecule has 2 fully saturated rings. The number of piperidine rings is 1. The topological polar surface area (TPSA) is 98.8 Å². The molecule has 9 nitrogen and oxygen atoms in total. The van der Waals surface area contributed by atoms with E-state index in [0.717, 1.165) is 48.3 Å². The van der Waals surface area contributed by atoms with E-state index in [2.05, 4.69) is 10.5 Å². The summed E-state index contributed by atoms with van der Waals surface area (Å²) in [7, 11) is 0. The second-order valence-electron chi connectivity index (χ2n) is 9.53. The largest absolute Gasteiger partial charge is 0.484 e. The maximum Gasteiger partial charge on any atom is 0.260 e. The number of nitrogens with one attached hydrogen (secondary N) is 1. The van der Waals surface area contributed by atoms with Gasteiger partial charge < -0.3 is 28.8 Å². The molecule has 1 amide bonds. The molecule has 0 bridgehead atoms. The van der Waals surface area contributed by atoms with E-state index in [1.54, 1.807) is 21.6 Å². The van der Waals surface area contributed by atoms with Gasteiger partial charge in [-0.3, -0.25) is 9.59 Å². The number of rotatable bonds is 8. The lowest BCUT2D eigenvalue weighted by Crippen LogP contribution is -2.57. The highest BCUT2D eigenvalue weighted by Crippen LogP contribution is 2.26. The van der Waals surface area contributed by atoms with Crippen LogP contribution in [0.3, 0.4) is 0 Å². The first kappa shape index (κ1) is 24.3. The SMILES string of the molecule is Cc1noc(C)c1-c1ccc(=O)n(Cc2cccc(OCC(=O)N3CC(OC4CCNCC4)C3)c2)c1. The third-order valence-corrected chi connectivity index (χ3v) is 6.79. The lowest BCUT2D eigenvalue weighted by atomic mass is 10.1. The molecule has 36 heavy (non-hydrogen) atoms. The molecule has 190 valence electrons. The summed E-state index contributed by atoms with van der Waals surface area (Å²) in [4.78, 5) is 26.8. The number of nitrogens with zero attached hydrogens (tertiary/aromatic N) is 3. The fourth-order valence-corrected chi connectivity index (χ4v) is 4.80. The number of hydrogen-bond donors (Lipinski definition) is 1. The third-order valence-electron chi connectivity index (χ3n) is 6.79. The molecule has 4 heterocycles. The van der Waals surface area contributed by atoms with Crippen LogP contribution in [0.2, 0.25) is 0 Å². The van der Waals surface area contributed by atoms with Gasteiger partial charge in [-0.15, -0.1) is 0 Å². The van der Waals surface area contributed by atoms with Crippen LogP contribution in [0, 0.1) is 13.8 Å². The van der Waals surface area contributed by atoms with Crippen molar-refractivity contribution in [3.05, 3.63) is 70.0 Å². The monoisotopic (exact) mass is 492 g/mol. The van der Waals surface area contributed by atoms with Gasteiger partial charge in [0.1, 0.15) is 11.5 Å². The number of carbonyl (C=O) groups is 1. The number of aryl methyl sites for hydroxylation is 2. The highest BCUT2D eigenvalue weighted by molar-refractivity contribution is 5.78. The fourth-order valence-electron chi connectivity index (χ4n) is 4.80. The van der Waals surface area contributed by atoms with Gasteiger partial charge in [0.25, 0.3) is 11.5 Å². The molecule has 1 aromatic carbocycles. The molecular weight excluding hydrogens is 460 g/mol. The molecule has 0 saturated carbocycles. The summed E-state index contributed by atoms with van der Waals surface area (Å²) < 4.78 is 18.8. The van der Waals surface area contributed by atoms with Gasteiger partial charge in [-0.2, -0.15) is 0 Å². The smallest absolute Gasteiger partial charge is 0.260 e. The van der Waals surface area contributed by atoms with Gasteiger partial charge in [0, 0.05) is 36.5 Å². The number of hydrogen-bond acceptors (Lipinski definition) is 7. The summed E-state index contributed by atoms with van der Waals surface area (Å²) in [5.74, 6) is 1.26. The van der Waals surface area contributed by atoms with E-state index in [9.17, 15) is 9.59 Å². The molecular formula is C27H32N4O5. The predicted molar refractivity (Wildman–Crippen MR) is 134 cm³/mol. The standard InChI is InChI=1S/C27H32N4O5/c1-18-27(19(2)36-29-18)21-6-7-25(32)30(14-21)13-20-4-3-5-23(12-20)34-17-26(33)31-15-24(16-31)35-22-8-10-28-11-9-22/h3-7,12,14,22,24,28H,8-11,13,15-17H2,1-2H3. The van der Waals surface area contributed by atoms with E-state index in [4.69, 9.17) is 14.0 Å². The van der Waals surface area contributed by atoms with E-state index < -0.39 is 0 Å². The highest BCUT2D eigenvalue weighted by atomic mass is 16.5. The van der Waals surface area contributed by atoms with Crippen LogP contribution in [0.25, 0.3) is 11.1 Å². The molecule has 0 unspecified atom stereocenters. The van der Waals surface area contributed by atoms with Crippen molar-refractivity contribution in [2.75, 3.05) is 32.8 Å². The van der Waals surface area contributed by atoms with Gasteiger partial charge in [0.05, 0.1) is 24.4 Å². The minimum Gasteiger partial charge on any atom is -0.484 e. The van der Waals surface area contributed by atoms with Crippen molar-refractivity contribution >= 4 is 5.91 Å². The van der Waals surface area contributed by atoms with Crippen LogP contribution in [0.15, 0.2) is 51.9 Å². The summed E-state index contributed by atoms with van der Waals surface area (Å²) in [6.07, 6.45) is 4.29. The number of likely N-dealkylation sites (tertiary alicyclic amines) is 1. The number of aromatic nitrogens is 2. The van der Waals surface area contributed by atoms with Crippen LogP contribution in [0.4, 0.5) is 0 Å². The van der Waals surface area contributed by atoms with E-state index >= 15 is 0 Å². The van der Waals surface area contributed by atoms with E-state index in [-0.39, 0.29) is 24.2 Å². The van der Waals surface area contributed by atoms with Crippen LogP contribution in [0.1, 0.15) is 29.9 Å². The van der Waals surface area contributed by atoms with Crippen LogP contribution in [-0.4, -0.2) is 65.5 Å². The lowest BCUT2D eigenvalue weighted by Gasteiger charge is -2.41. The number of ether oxygens (including phenoxy) is 2. The first-order valence-corrected chi connectivity index (χ1v) is 12.5. The molecule has 0 spiro atoms. The Morgan fingerprint density at radius 1 is 1.14 bits per heavy atom. The zero-order chi connectivity index (χ0) is 25.1. The number of amides is 1. The highest BCUT2D eigenvalue weighted by Gasteiger charge is 2.33. The molecule has 0 atom stereocenters. The Morgan fingerprint density at radius 2 is 1.94 bits per heavy atom. The van der Waals surface area contributed by atoms with Crippen molar-refractivity contribution in [3.8, 4) is 16.9 Å². The molecule has 3 aromatic rings. The average Bonchev–Trinajstić information content (AvgIpc) is 3.20. The number of carbonyl (C=O) groups excluding carboxylic acids is 1. The lowest BCUT2D eigenvalue weighted by molar-refractivity contribution is -0.152. The van der Waals surface area contributed by atoms with Crippen LogP contribution in [-0.2, 0) is 16.1 Å². The number of pyridine rings is 1. The molecule has 2 aliphatic heterocycles.